The van der Waals surface area contributed by atoms with Crippen LogP contribution in [-0.4, -0.2) is 60.5 Å². The van der Waals surface area contributed by atoms with E-state index in [9.17, 15) is 9.59 Å². The Kier molecular flexibility index (Phi) is 3.25. The number of likely N-dealkylation sites (N-methyl/N-ethyl adjacent to an activating group) is 1. The third-order valence-corrected chi connectivity index (χ3v) is 5.60. The summed E-state index contributed by atoms with van der Waals surface area (Å²) in [4.78, 5) is 29.3. The van der Waals surface area contributed by atoms with E-state index in [2.05, 4.69) is 0 Å². The van der Waals surface area contributed by atoms with E-state index in [0.717, 1.165) is 12.8 Å². The lowest BCUT2D eigenvalue weighted by atomic mass is 10.1. The number of fused-ring (bicyclic) bond motifs is 3. The van der Waals surface area contributed by atoms with E-state index in [1.54, 1.807) is 4.90 Å². The van der Waals surface area contributed by atoms with Gasteiger partial charge in [0.15, 0.2) is 11.5 Å². The molecule has 2 saturated heterocycles. The Labute approximate surface area is 132 Å². The van der Waals surface area contributed by atoms with Crippen molar-refractivity contribution in [3.05, 3.63) is 10.3 Å². The first-order valence-corrected chi connectivity index (χ1v) is 8.47. The van der Waals surface area contributed by atoms with Crippen LogP contribution in [0.5, 0.6) is 11.5 Å². The molecule has 0 aromatic carbocycles. The Bertz CT molecular complexity index is 629. The van der Waals surface area contributed by atoms with E-state index < -0.39 is 0 Å². The smallest absolute Gasteiger partial charge is 0.268 e. The highest BCUT2D eigenvalue weighted by atomic mass is 32.1. The number of nitrogens with zero attached hydrogens (tertiary/aromatic N) is 2. The normalized spacial score (nSPS) is 27.0. The van der Waals surface area contributed by atoms with E-state index in [-0.39, 0.29) is 23.9 Å². The van der Waals surface area contributed by atoms with Crippen LogP contribution >= 0.6 is 11.3 Å². The van der Waals surface area contributed by atoms with Crippen LogP contribution in [0.3, 0.4) is 0 Å². The molecule has 118 valence electrons. The van der Waals surface area contributed by atoms with Crippen molar-refractivity contribution in [2.24, 2.45) is 0 Å². The quantitative estimate of drug-likeness (QED) is 0.783. The summed E-state index contributed by atoms with van der Waals surface area (Å²) < 4.78 is 11.2. The Morgan fingerprint density at radius 2 is 2.05 bits per heavy atom. The molecule has 2 atom stereocenters. The second-order valence-electron chi connectivity index (χ2n) is 6.03. The molecule has 0 saturated carbocycles. The first-order chi connectivity index (χ1) is 10.6. The number of ether oxygens (including phenoxy) is 2. The van der Waals surface area contributed by atoms with Gasteiger partial charge in [0.2, 0.25) is 5.91 Å². The molecule has 4 heterocycles. The fraction of sp³-hybridized carbons (Fsp3) is 0.600. The average molecular weight is 322 g/mol. The molecular formula is C15H18N2O4S. The summed E-state index contributed by atoms with van der Waals surface area (Å²) in [6.45, 7) is 1.61. The first-order valence-electron chi connectivity index (χ1n) is 7.59. The van der Waals surface area contributed by atoms with Crippen LogP contribution in [0.1, 0.15) is 28.9 Å². The summed E-state index contributed by atoms with van der Waals surface area (Å²) in [5.41, 5.74) is 0. The summed E-state index contributed by atoms with van der Waals surface area (Å²) in [6.07, 6.45) is 2.28. The van der Waals surface area contributed by atoms with Crippen molar-refractivity contribution in [1.82, 2.24) is 9.80 Å². The van der Waals surface area contributed by atoms with Gasteiger partial charge < -0.3 is 19.3 Å². The highest BCUT2D eigenvalue weighted by Crippen LogP contribution is 2.42. The number of likely N-dealkylation sites (tertiary alicyclic amines) is 1. The van der Waals surface area contributed by atoms with Crippen molar-refractivity contribution in [3.63, 3.8) is 0 Å². The van der Waals surface area contributed by atoms with Gasteiger partial charge in [-0.05, 0) is 12.8 Å². The summed E-state index contributed by atoms with van der Waals surface area (Å²) in [5.74, 6) is 1.34. The van der Waals surface area contributed by atoms with Crippen LogP contribution in [-0.2, 0) is 4.79 Å². The second-order valence-corrected chi connectivity index (χ2v) is 6.91. The van der Waals surface area contributed by atoms with Crippen molar-refractivity contribution in [3.8, 4) is 11.5 Å². The molecular weight excluding hydrogens is 304 g/mol. The van der Waals surface area contributed by atoms with Gasteiger partial charge in [0, 0.05) is 31.4 Å². The minimum atomic E-state index is -0.0210. The lowest BCUT2D eigenvalue weighted by molar-refractivity contribution is -0.130. The van der Waals surface area contributed by atoms with Gasteiger partial charge >= 0.3 is 0 Å². The van der Waals surface area contributed by atoms with Crippen molar-refractivity contribution >= 4 is 23.2 Å². The summed E-state index contributed by atoms with van der Waals surface area (Å²) in [5, 5.41) is 1.83. The predicted molar refractivity (Wildman–Crippen MR) is 80.5 cm³/mol. The average Bonchev–Trinajstić information content (AvgIpc) is 3.07. The number of carbonyl (C=O) groups is 2. The number of hydrogen-bond donors (Lipinski definition) is 0. The molecule has 0 N–H and O–H groups in total. The Hall–Kier alpha value is -1.76. The fourth-order valence-corrected chi connectivity index (χ4v) is 4.45. The lowest BCUT2D eigenvalue weighted by Gasteiger charge is -2.28. The van der Waals surface area contributed by atoms with Gasteiger partial charge in [-0.2, -0.15) is 0 Å². The number of thiophene rings is 1. The number of hydrogen-bond acceptors (Lipinski definition) is 5. The molecule has 0 unspecified atom stereocenters. The van der Waals surface area contributed by atoms with Gasteiger partial charge in [-0.3, -0.25) is 9.59 Å². The third-order valence-electron chi connectivity index (χ3n) is 4.67. The zero-order valence-corrected chi connectivity index (χ0v) is 13.2. The maximum absolute atomic E-state index is 13.0. The zero-order valence-electron chi connectivity index (χ0n) is 12.4. The lowest BCUT2D eigenvalue weighted by Crippen LogP contribution is -2.42. The molecule has 0 aliphatic carbocycles. The van der Waals surface area contributed by atoms with Crippen LogP contribution in [0.25, 0.3) is 0 Å². The summed E-state index contributed by atoms with van der Waals surface area (Å²) in [6, 6.07) is 0.119. The van der Waals surface area contributed by atoms with Gasteiger partial charge in [-0.25, -0.2) is 0 Å². The van der Waals surface area contributed by atoms with Crippen LogP contribution in [0.15, 0.2) is 5.38 Å². The minimum Gasteiger partial charge on any atom is -0.485 e. The van der Waals surface area contributed by atoms with E-state index in [0.29, 0.717) is 42.6 Å². The number of carbonyl (C=O) groups excluding carboxylic acids is 2. The third kappa shape index (κ3) is 2.06. The van der Waals surface area contributed by atoms with Gasteiger partial charge in [0.1, 0.15) is 18.1 Å². The largest absolute Gasteiger partial charge is 0.485 e. The van der Waals surface area contributed by atoms with E-state index in [1.165, 1.54) is 11.3 Å². The van der Waals surface area contributed by atoms with Crippen LogP contribution in [0.4, 0.5) is 0 Å². The van der Waals surface area contributed by atoms with Crippen molar-refractivity contribution < 1.29 is 19.1 Å². The molecule has 1 aromatic heterocycles. The van der Waals surface area contributed by atoms with Gasteiger partial charge in [-0.15, -0.1) is 11.3 Å². The summed E-state index contributed by atoms with van der Waals surface area (Å²) in [7, 11) is 1.82. The molecule has 0 radical (unpaired) electrons. The molecule has 3 aliphatic heterocycles. The fourth-order valence-electron chi connectivity index (χ4n) is 3.58. The molecule has 22 heavy (non-hydrogen) atoms. The maximum atomic E-state index is 13.0. The Balaban J connectivity index is 1.65. The van der Waals surface area contributed by atoms with Crippen LogP contribution in [0.2, 0.25) is 0 Å². The first kappa shape index (κ1) is 13.9. The molecule has 2 amide bonds. The highest BCUT2D eigenvalue weighted by molar-refractivity contribution is 7.12. The molecule has 2 bridgehead atoms. The Morgan fingerprint density at radius 3 is 2.91 bits per heavy atom. The Morgan fingerprint density at radius 1 is 1.27 bits per heavy atom. The molecule has 7 heteroatoms. The monoisotopic (exact) mass is 322 g/mol. The molecule has 4 rings (SSSR count). The molecule has 6 nitrogen and oxygen atoms in total. The maximum Gasteiger partial charge on any atom is 0.268 e. The van der Waals surface area contributed by atoms with Crippen molar-refractivity contribution in [1.29, 1.82) is 0 Å². The van der Waals surface area contributed by atoms with Crippen LogP contribution < -0.4 is 9.47 Å². The highest BCUT2D eigenvalue weighted by Gasteiger charge is 2.43. The van der Waals surface area contributed by atoms with Gasteiger partial charge in [0.25, 0.3) is 5.91 Å². The standard InChI is InChI=1S/C15H18N2O4S/c1-16-7-10-3-2-9(6-12(16)18)17(10)15(19)14-13-11(8-22-14)20-4-5-21-13/h8-10H,2-7H2,1H3/t9-,10+/m1/s1. The number of amides is 2. The number of rotatable bonds is 1. The van der Waals surface area contributed by atoms with Gasteiger partial charge in [-0.1, -0.05) is 0 Å². The van der Waals surface area contributed by atoms with E-state index in [4.69, 9.17) is 9.47 Å². The van der Waals surface area contributed by atoms with E-state index in [1.807, 2.05) is 17.3 Å². The molecule has 2 fully saturated rings. The predicted octanol–water partition coefficient (Wildman–Crippen LogP) is 1.35. The van der Waals surface area contributed by atoms with Gasteiger partial charge in [0.05, 0.1) is 6.04 Å². The SMILES string of the molecule is CN1C[C@@H]2CC[C@H](CC1=O)N2C(=O)c1scc2c1OCCO2. The van der Waals surface area contributed by atoms with Crippen molar-refractivity contribution in [2.45, 2.75) is 31.3 Å². The summed E-state index contributed by atoms with van der Waals surface area (Å²) >= 11 is 1.37. The van der Waals surface area contributed by atoms with Crippen molar-refractivity contribution in [2.75, 3.05) is 26.8 Å². The van der Waals surface area contributed by atoms with E-state index >= 15 is 0 Å². The molecule has 0 spiro atoms. The minimum absolute atomic E-state index is 0.0113. The topological polar surface area (TPSA) is 59.1 Å². The second kappa shape index (κ2) is 5.15. The molecule has 3 aliphatic rings. The zero-order chi connectivity index (χ0) is 15.3. The molecule has 1 aromatic rings. The van der Waals surface area contributed by atoms with Crippen LogP contribution in [0, 0.1) is 0 Å².